The van der Waals surface area contributed by atoms with Crippen LogP contribution in [0.25, 0.3) is 0 Å². The van der Waals surface area contributed by atoms with Gasteiger partial charge in [-0.1, -0.05) is 11.6 Å². The Labute approximate surface area is 86.8 Å². The van der Waals surface area contributed by atoms with Crippen LogP contribution in [0.15, 0.2) is 23.1 Å². The van der Waals surface area contributed by atoms with Crippen LogP contribution in [-0.2, 0) is 10.0 Å². The first-order valence-electron chi connectivity index (χ1n) is 3.57. The van der Waals surface area contributed by atoms with Crippen molar-refractivity contribution in [2.24, 2.45) is 5.84 Å². The molecule has 3 N–H and O–H groups in total. The number of methoxy groups -OCH3 is 1. The Morgan fingerprint density at radius 1 is 1.50 bits per heavy atom. The number of hydrogen-bond acceptors (Lipinski definition) is 4. The Morgan fingerprint density at radius 3 is 2.64 bits per heavy atom. The smallest absolute Gasteiger partial charge is 0.254 e. The lowest BCUT2D eigenvalue weighted by atomic mass is 10.3. The van der Waals surface area contributed by atoms with Crippen molar-refractivity contribution in [2.45, 2.75) is 4.90 Å². The third kappa shape index (κ3) is 2.16. The Bertz CT molecular complexity index is 433. The molecule has 1 aromatic carbocycles. The van der Waals surface area contributed by atoms with Gasteiger partial charge in [0.1, 0.15) is 10.6 Å². The maximum atomic E-state index is 11.3. The summed E-state index contributed by atoms with van der Waals surface area (Å²) in [6.45, 7) is 0. The molecular formula is C7H9ClN2O3S. The molecule has 1 aromatic rings. The highest BCUT2D eigenvalue weighted by molar-refractivity contribution is 7.89. The van der Waals surface area contributed by atoms with Gasteiger partial charge in [0.05, 0.1) is 12.1 Å². The predicted molar refractivity (Wildman–Crippen MR) is 52.5 cm³/mol. The molecule has 0 aromatic heterocycles. The minimum atomic E-state index is -3.75. The lowest BCUT2D eigenvalue weighted by molar-refractivity contribution is 0.413. The van der Waals surface area contributed by atoms with Crippen LogP contribution in [0.5, 0.6) is 5.75 Å². The number of nitrogens with two attached hydrogens (primary N) is 1. The standard InChI is InChI=1S/C7H9ClN2O3S/c1-13-5-2-3-6(8)7(4-5)14(11,12)10-9/h2-4,10H,9H2,1H3. The van der Waals surface area contributed by atoms with E-state index in [2.05, 4.69) is 0 Å². The van der Waals surface area contributed by atoms with Crippen LogP contribution < -0.4 is 15.4 Å². The Balaban J connectivity index is 3.33. The highest BCUT2D eigenvalue weighted by atomic mass is 35.5. The molecule has 0 fully saturated rings. The second kappa shape index (κ2) is 4.14. The van der Waals surface area contributed by atoms with Crippen LogP contribution in [-0.4, -0.2) is 15.5 Å². The fourth-order valence-electron chi connectivity index (χ4n) is 0.880. The molecule has 0 atom stereocenters. The van der Waals surface area contributed by atoms with Crippen LogP contribution in [0, 0.1) is 0 Å². The van der Waals surface area contributed by atoms with Crippen LogP contribution >= 0.6 is 11.6 Å². The summed E-state index contributed by atoms with van der Waals surface area (Å²) in [5.41, 5.74) is 0. The molecule has 0 radical (unpaired) electrons. The first-order valence-corrected chi connectivity index (χ1v) is 5.43. The summed E-state index contributed by atoms with van der Waals surface area (Å²) in [6, 6.07) is 4.26. The number of benzene rings is 1. The van der Waals surface area contributed by atoms with Gasteiger partial charge in [0.15, 0.2) is 0 Å². The van der Waals surface area contributed by atoms with Crippen LogP contribution in [0.4, 0.5) is 0 Å². The lowest BCUT2D eigenvalue weighted by Gasteiger charge is -2.06. The Morgan fingerprint density at radius 2 is 2.14 bits per heavy atom. The molecule has 78 valence electrons. The SMILES string of the molecule is COc1ccc(Cl)c(S(=O)(=O)NN)c1. The van der Waals surface area contributed by atoms with Crippen molar-refractivity contribution in [3.63, 3.8) is 0 Å². The molecule has 0 saturated heterocycles. The number of nitrogens with one attached hydrogen (secondary N) is 1. The van der Waals surface area contributed by atoms with Crippen LogP contribution in [0.3, 0.4) is 0 Å². The van der Waals surface area contributed by atoms with Gasteiger partial charge >= 0.3 is 0 Å². The molecule has 5 nitrogen and oxygen atoms in total. The average Bonchev–Trinajstić information content (AvgIpc) is 2.18. The van der Waals surface area contributed by atoms with Crippen molar-refractivity contribution < 1.29 is 13.2 Å². The minimum Gasteiger partial charge on any atom is -0.497 e. The predicted octanol–water partition coefficient (Wildman–Crippen LogP) is 0.501. The zero-order valence-corrected chi connectivity index (χ0v) is 8.89. The third-order valence-electron chi connectivity index (χ3n) is 1.58. The molecule has 0 aliphatic rings. The van der Waals surface area contributed by atoms with Crippen molar-refractivity contribution in [1.29, 1.82) is 0 Å². The van der Waals surface area contributed by atoms with E-state index in [9.17, 15) is 8.42 Å². The van der Waals surface area contributed by atoms with E-state index in [0.29, 0.717) is 5.75 Å². The van der Waals surface area contributed by atoms with Crippen molar-refractivity contribution >= 4 is 21.6 Å². The normalized spacial score (nSPS) is 11.4. The summed E-state index contributed by atoms with van der Waals surface area (Å²) in [5.74, 6) is 5.25. The summed E-state index contributed by atoms with van der Waals surface area (Å²) in [4.78, 5) is 1.57. The summed E-state index contributed by atoms with van der Waals surface area (Å²) in [6.07, 6.45) is 0. The molecule has 14 heavy (non-hydrogen) atoms. The van der Waals surface area contributed by atoms with Crippen LogP contribution in [0.2, 0.25) is 5.02 Å². The monoisotopic (exact) mass is 236 g/mol. The molecule has 1 rings (SSSR count). The largest absolute Gasteiger partial charge is 0.497 e. The Kier molecular flexibility index (Phi) is 3.33. The van der Waals surface area contributed by atoms with Crippen molar-refractivity contribution in [3.8, 4) is 5.75 Å². The minimum absolute atomic E-state index is 0.0868. The van der Waals surface area contributed by atoms with Gasteiger partial charge in [-0.3, -0.25) is 5.84 Å². The second-order valence-corrected chi connectivity index (χ2v) is 4.51. The van der Waals surface area contributed by atoms with E-state index in [1.165, 1.54) is 19.2 Å². The highest BCUT2D eigenvalue weighted by Crippen LogP contribution is 2.25. The lowest BCUT2D eigenvalue weighted by Crippen LogP contribution is -2.30. The topological polar surface area (TPSA) is 81.4 Å². The van der Waals surface area contributed by atoms with Crippen molar-refractivity contribution in [3.05, 3.63) is 23.2 Å². The van der Waals surface area contributed by atoms with Gasteiger partial charge in [0, 0.05) is 6.07 Å². The fourth-order valence-corrected chi connectivity index (χ4v) is 2.03. The first kappa shape index (κ1) is 11.3. The number of hydrazine groups is 1. The highest BCUT2D eigenvalue weighted by Gasteiger charge is 2.16. The summed E-state index contributed by atoms with van der Waals surface area (Å²) in [7, 11) is -2.32. The Hall–Kier alpha value is -0.820. The summed E-state index contributed by atoms with van der Waals surface area (Å²) >= 11 is 5.69. The maximum Gasteiger partial charge on any atom is 0.254 e. The molecule has 0 amide bonds. The molecule has 0 aliphatic carbocycles. The van der Waals surface area contributed by atoms with E-state index in [1.54, 1.807) is 10.9 Å². The van der Waals surface area contributed by atoms with Gasteiger partial charge in [-0.15, -0.1) is 0 Å². The molecule has 7 heteroatoms. The van der Waals surface area contributed by atoms with Crippen molar-refractivity contribution in [1.82, 2.24) is 4.83 Å². The number of rotatable bonds is 3. The third-order valence-corrected chi connectivity index (χ3v) is 3.25. The average molecular weight is 237 g/mol. The zero-order valence-electron chi connectivity index (χ0n) is 7.32. The number of sulfonamides is 1. The van der Waals surface area contributed by atoms with Crippen LogP contribution in [0.1, 0.15) is 0 Å². The fraction of sp³-hybridized carbons (Fsp3) is 0.143. The summed E-state index contributed by atoms with van der Waals surface area (Å²) in [5, 5.41) is 0.0868. The zero-order chi connectivity index (χ0) is 10.8. The van der Waals surface area contributed by atoms with Gasteiger partial charge in [-0.25, -0.2) is 8.42 Å². The van der Waals surface area contributed by atoms with E-state index in [1.807, 2.05) is 0 Å². The number of ether oxygens (including phenoxy) is 1. The van der Waals surface area contributed by atoms with Gasteiger partial charge in [-0.2, -0.15) is 4.83 Å². The van der Waals surface area contributed by atoms with E-state index >= 15 is 0 Å². The second-order valence-electron chi connectivity index (χ2n) is 2.42. The van der Waals surface area contributed by atoms with Gasteiger partial charge < -0.3 is 4.74 Å². The molecule has 0 spiro atoms. The molecule has 0 heterocycles. The van der Waals surface area contributed by atoms with E-state index in [4.69, 9.17) is 22.2 Å². The molecule has 0 saturated carbocycles. The van der Waals surface area contributed by atoms with E-state index < -0.39 is 10.0 Å². The van der Waals surface area contributed by atoms with E-state index in [0.717, 1.165) is 0 Å². The van der Waals surface area contributed by atoms with Gasteiger partial charge in [0.25, 0.3) is 10.0 Å². The molecular weight excluding hydrogens is 228 g/mol. The first-order chi connectivity index (χ1) is 6.51. The van der Waals surface area contributed by atoms with E-state index in [-0.39, 0.29) is 9.92 Å². The maximum absolute atomic E-state index is 11.3. The number of halogens is 1. The summed E-state index contributed by atoms with van der Waals surface area (Å²) < 4.78 is 27.5. The van der Waals surface area contributed by atoms with Gasteiger partial charge in [0.2, 0.25) is 0 Å². The van der Waals surface area contributed by atoms with Crippen molar-refractivity contribution in [2.75, 3.05) is 7.11 Å². The quantitative estimate of drug-likeness (QED) is 0.592. The molecule has 0 aliphatic heterocycles. The molecule has 0 bridgehead atoms. The van der Waals surface area contributed by atoms with Gasteiger partial charge in [-0.05, 0) is 12.1 Å². The number of hydrogen-bond donors (Lipinski definition) is 2. The molecule has 0 unspecified atom stereocenters.